The van der Waals surface area contributed by atoms with Crippen molar-refractivity contribution in [2.75, 3.05) is 19.3 Å². The van der Waals surface area contributed by atoms with Crippen molar-refractivity contribution >= 4 is 32.0 Å². The van der Waals surface area contributed by atoms with Gasteiger partial charge in [-0.2, -0.15) is 5.26 Å². The lowest BCUT2D eigenvalue weighted by Gasteiger charge is -2.29. The van der Waals surface area contributed by atoms with Gasteiger partial charge in [-0.1, -0.05) is 12.1 Å². The Hall–Kier alpha value is -3.15. The summed E-state index contributed by atoms with van der Waals surface area (Å²) in [6.07, 6.45) is 6.38. The van der Waals surface area contributed by atoms with Crippen LogP contribution in [-0.2, 0) is 10.0 Å². The van der Waals surface area contributed by atoms with Crippen molar-refractivity contribution in [3.63, 3.8) is 0 Å². The minimum atomic E-state index is -3.13. The van der Waals surface area contributed by atoms with Gasteiger partial charge >= 0.3 is 0 Å². The summed E-state index contributed by atoms with van der Waals surface area (Å²) in [7, 11) is -3.13. The van der Waals surface area contributed by atoms with Crippen LogP contribution in [0.15, 0.2) is 42.7 Å². The van der Waals surface area contributed by atoms with Crippen LogP contribution in [0.1, 0.15) is 30.0 Å². The molecule has 8 heteroatoms. The van der Waals surface area contributed by atoms with Crippen molar-refractivity contribution in [1.82, 2.24) is 19.3 Å². The molecule has 1 aliphatic rings. The number of sulfonamides is 1. The van der Waals surface area contributed by atoms with Crippen molar-refractivity contribution in [3.8, 4) is 17.2 Å². The number of fused-ring (bicyclic) bond motifs is 2. The highest BCUT2D eigenvalue weighted by Crippen LogP contribution is 2.35. The molecule has 0 radical (unpaired) electrons. The summed E-state index contributed by atoms with van der Waals surface area (Å²) in [6.45, 7) is 1.09. The van der Waals surface area contributed by atoms with Gasteiger partial charge in [-0.3, -0.25) is 0 Å². The highest BCUT2D eigenvalue weighted by atomic mass is 32.2. The van der Waals surface area contributed by atoms with Crippen LogP contribution in [0.3, 0.4) is 0 Å². The van der Waals surface area contributed by atoms with Gasteiger partial charge in [0, 0.05) is 53.4 Å². The van der Waals surface area contributed by atoms with Crippen LogP contribution in [-0.4, -0.2) is 47.0 Å². The molecule has 1 aromatic carbocycles. The summed E-state index contributed by atoms with van der Waals surface area (Å²) in [5.41, 5.74) is 5.63. The third kappa shape index (κ3) is 3.16. The predicted octanol–water partition coefficient (Wildman–Crippen LogP) is 3.72. The Morgan fingerprint density at radius 2 is 1.97 bits per heavy atom. The van der Waals surface area contributed by atoms with Crippen molar-refractivity contribution in [2.45, 2.75) is 18.8 Å². The molecule has 0 bridgehead atoms. The zero-order valence-corrected chi connectivity index (χ0v) is 17.3. The van der Waals surface area contributed by atoms with Crippen molar-refractivity contribution in [1.29, 1.82) is 5.26 Å². The summed E-state index contributed by atoms with van der Waals surface area (Å²) in [5, 5.41) is 11.2. The van der Waals surface area contributed by atoms with Crippen LogP contribution >= 0.6 is 0 Å². The van der Waals surface area contributed by atoms with Crippen LogP contribution in [0.4, 0.5) is 0 Å². The van der Waals surface area contributed by atoms with Gasteiger partial charge < -0.3 is 9.97 Å². The molecular formula is C22H21N5O2S. The third-order valence-electron chi connectivity index (χ3n) is 6.03. The smallest absolute Gasteiger partial charge is 0.211 e. The molecule has 0 saturated carbocycles. The van der Waals surface area contributed by atoms with E-state index in [0.717, 1.165) is 51.6 Å². The Kier molecular flexibility index (Phi) is 4.38. The van der Waals surface area contributed by atoms with Crippen LogP contribution < -0.4 is 0 Å². The molecular weight excluding hydrogens is 398 g/mol. The molecule has 7 nitrogen and oxygen atoms in total. The van der Waals surface area contributed by atoms with Gasteiger partial charge in [-0.15, -0.1) is 0 Å². The van der Waals surface area contributed by atoms with Crippen molar-refractivity contribution in [3.05, 3.63) is 54.0 Å². The summed E-state index contributed by atoms with van der Waals surface area (Å²) in [6, 6.07) is 12.4. The van der Waals surface area contributed by atoms with Gasteiger partial charge in [0.1, 0.15) is 11.7 Å². The Bertz CT molecular complexity index is 1400. The van der Waals surface area contributed by atoms with E-state index in [4.69, 9.17) is 0 Å². The number of nitriles is 1. The number of aromatic nitrogens is 3. The summed E-state index contributed by atoms with van der Waals surface area (Å²) < 4.78 is 25.1. The van der Waals surface area contributed by atoms with Crippen LogP contribution in [0.2, 0.25) is 0 Å². The first kappa shape index (κ1) is 18.9. The maximum atomic E-state index is 11.8. The second-order valence-corrected chi connectivity index (χ2v) is 9.84. The molecule has 5 rings (SSSR count). The number of pyridine rings is 1. The normalized spacial score (nSPS) is 16.3. The standard InChI is InChI=1S/C22H21N5O2S/c1-30(28,29)27-8-5-14(6-9-27)20-11-19-17(4-7-24-22(19)26-20)15-2-3-18-16(12-23)13-25-21(18)10-15/h2-4,7,10-11,13-14,25H,5-6,8-9H2,1H3,(H,24,26). The number of hydrogen-bond donors (Lipinski definition) is 2. The average Bonchev–Trinajstić information content (AvgIpc) is 3.36. The fourth-order valence-electron chi connectivity index (χ4n) is 4.40. The van der Waals surface area contributed by atoms with E-state index in [1.165, 1.54) is 6.26 Å². The molecule has 0 aliphatic carbocycles. The van der Waals surface area contributed by atoms with Gasteiger partial charge in [0.05, 0.1) is 11.8 Å². The van der Waals surface area contributed by atoms with Gasteiger partial charge in [0.25, 0.3) is 0 Å². The molecule has 2 N–H and O–H groups in total. The number of benzene rings is 1. The maximum Gasteiger partial charge on any atom is 0.211 e. The molecule has 0 atom stereocenters. The SMILES string of the molecule is CS(=O)(=O)N1CCC(c2cc3c(-c4ccc5c(C#N)c[nH]c5c4)ccnc3[nH]2)CC1. The number of H-pyrrole nitrogens is 2. The highest BCUT2D eigenvalue weighted by molar-refractivity contribution is 7.88. The molecule has 3 aromatic heterocycles. The second-order valence-electron chi connectivity index (χ2n) is 7.86. The first-order valence-corrected chi connectivity index (χ1v) is 11.7. The lowest BCUT2D eigenvalue weighted by molar-refractivity contribution is 0.319. The fraction of sp³-hybridized carbons (Fsp3) is 0.273. The van der Waals surface area contributed by atoms with Crippen LogP contribution in [0.25, 0.3) is 33.1 Å². The average molecular weight is 420 g/mol. The maximum absolute atomic E-state index is 11.8. The highest BCUT2D eigenvalue weighted by Gasteiger charge is 2.27. The Morgan fingerprint density at radius 3 is 2.70 bits per heavy atom. The van der Waals surface area contributed by atoms with E-state index in [-0.39, 0.29) is 5.92 Å². The molecule has 30 heavy (non-hydrogen) atoms. The number of nitrogens with zero attached hydrogens (tertiary/aromatic N) is 3. The van der Waals surface area contributed by atoms with Gasteiger partial charge in [-0.25, -0.2) is 17.7 Å². The molecule has 0 unspecified atom stereocenters. The Labute approximate surface area is 174 Å². The Morgan fingerprint density at radius 1 is 1.17 bits per heavy atom. The minimum Gasteiger partial charge on any atom is -0.360 e. The molecule has 1 saturated heterocycles. The first-order valence-electron chi connectivity index (χ1n) is 9.88. The fourth-order valence-corrected chi connectivity index (χ4v) is 5.28. The van der Waals surface area contributed by atoms with Crippen molar-refractivity contribution < 1.29 is 8.42 Å². The van der Waals surface area contributed by atoms with Crippen LogP contribution in [0.5, 0.6) is 0 Å². The topological polar surface area (TPSA) is 106 Å². The molecule has 1 fully saturated rings. The summed E-state index contributed by atoms with van der Waals surface area (Å²) in [4.78, 5) is 11.1. The second kappa shape index (κ2) is 6.97. The monoisotopic (exact) mass is 419 g/mol. The number of aromatic amines is 2. The van der Waals surface area contributed by atoms with Crippen molar-refractivity contribution in [2.24, 2.45) is 0 Å². The first-order chi connectivity index (χ1) is 14.4. The lowest BCUT2D eigenvalue weighted by Crippen LogP contribution is -2.37. The molecule has 152 valence electrons. The molecule has 1 aliphatic heterocycles. The van der Waals surface area contributed by atoms with E-state index in [1.807, 2.05) is 18.2 Å². The molecule has 0 spiro atoms. The summed E-state index contributed by atoms with van der Waals surface area (Å²) in [5.74, 6) is 0.286. The number of hydrogen-bond acceptors (Lipinski definition) is 4. The van der Waals surface area contributed by atoms with E-state index in [0.29, 0.717) is 18.7 Å². The lowest BCUT2D eigenvalue weighted by atomic mass is 9.94. The number of nitrogens with one attached hydrogen (secondary N) is 2. The zero-order valence-electron chi connectivity index (χ0n) is 16.5. The minimum absolute atomic E-state index is 0.286. The Balaban J connectivity index is 1.50. The van der Waals surface area contributed by atoms with E-state index >= 15 is 0 Å². The zero-order chi connectivity index (χ0) is 20.9. The van der Waals surface area contributed by atoms with Gasteiger partial charge in [0.15, 0.2) is 0 Å². The van der Waals surface area contributed by atoms with E-state index in [1.54, 1.807) is 16.7 Å². The van der Waals surface area contributed by atoms with Gasteiger partial charge in [-0.05, 0) is 42.2 Å². The quantitative estimate of drug-likeness (QED) is 0.528. The molecule has 4 heterocycles. The van der Waals surface area contributed by atoms with Crippen LogP contribution in [0, 0.1) is 11.3 Å². The largest absolute Gasteiger partial charge is 0.360 e. The van der Waals surface area contributed by atoms with E-state index < -0.39 is 10.0 Å². The molecule has 0 amide bonds. The number of piperidine rings is 1. The summed E-state index contributed by atoms with van der Waals surface area (Å²) >= 11 is 0. The third-order valence-corrected chi connectivity index (χ3v) is 7.33. The van der Waals surface area contributed by atoms with E-state index in [9.17, 15) is 13.7 Å². The van der Waals surface area contributed by atoms with E-state index in [2.05, 4.69) is 33.2 Å². The number of rotatable bonds is 3. The predicted molar refractivity (Wildman–Crippen MR) is 116 cm³/mol. The van der Waals surface area contributed by atoms with Gasteiger partial charge in [0.2, 0.25) is 10.0 Å². The molecule has 4 aromatic rings.